The van der Waals surface area contributed by atoms with Gasteiger partial charge in [0, 0.05) is 51.8 Å². The molecule has 2 amide bonds. The van der Waals surface area contributed by atoms with Gasteiger partial charge < -0.3 is 29.9 Å². The SMILES string of the molecule is CCOC(=O)N1CCC(NC(=NCC(=O)N(C)C)NC2CC(C)(OC)C2(C)C)CC1.I. The van der Waals surface area contributed by atoms with Crippen molar-refractivity contribution in [2.45, 2.75) is 64.6 Å². The van der Waals surface area contributed by atoms with Crippen LogP contribution in [0.1, 0.15) is 47.0 Å². The fraction of sp³-hybridized carbons (Fsp3) is 0.857. The van der Waals surface area contributed by atoms with E-state index in [1.165, 1.54) is 4.90 Å². The summed E-state index contributed by atoms with van der Waals surface area (Å²) < 4.78 is 10.8. The van der Waals surface area contributed by atoms with Crippen LogP contribution in [0, 0.1) is 5.41 Å². The van der Waals surface area contributed by atoms with E-state index in [1.54, 1.807) is 26.1 Å². The lowest BCUT2D eigenvalue weighted by Crippen LogP contribution is -2.70. The maximum Gasteiger partial charge on any atom is 0.409 e. The number of piperidine rings is 1. The molecule has 10 heteroatoms. The summed E-state index contributed by atoms with van der Waals surface area (Å²) in [6.07, 6.45) is 2.20. The van der Waals surface area contributed by atoms with Gasteiger partial charge in [-0.1, -0.05) is 13.8 Å². The highest BCUT2D eigenvalue weighted by atomic mass is 127. The van der Waals surface area contributed by atoms with Gasteiger partial charge in [-0.15, -0.1) is 24.0 Å². The Kier molecular flexibility index (Phi) is 10.3. The van der Waals surface area contributed by atoms with Crippen LogP contribution in [0.5, 0.6) is 0 Å². The Morgan fingerprint density at radius 3 is 2.26 bits per heavy atom. The van der Waals surface area contributed by atoms with Crippen LogP contribution in [-0.2, 0) is 14.3 Å². The number of likely N-dealkylation sites (N-methyl/N-ethyl adjacent to an activating group) is 1. The van der Waals surface area contributed by atoms with Crippen molar-refractivity contribution in [1.29, 1.82) is 0 Å². The number of halogens is 1. The van der Waals surface area contributed by atoms with E-state index in [9.17, 15) is 9.59 Å². The van der Waals surface area contributed by atoms with E-state index in [0.29, 0.717) is 25.7 Å². The Labute approximate surface area is 203 Å². The Hall–Kier alpha value is -1.30. The molecule has 1 heterocycles. The van der Waals surface area contributed by atoms with Crippen LogP contribution in [0.2, 0.25) is 0 Å². The summed E-state index contributed by atoms with van der Waals surface area (Å²) in [5, 5.41) is 6.98. The average Bonchev–Trinajstić information content (AvgIpc) is 2.71. The van der Waals surface area contributed by atoms with Crippen molar-refractivity contribution in [2.75, 3.05) is 47.4 Å². The molecule has 9 nitrogen and oxygen atoms in total. The molecule has 31 heavy (non-hydrogen) atoms. The molecule has 2 aliphatic rings. The van der Waals surface area contributed by atoms with Crippen LogP contribution in [0.25, 0.3) is 0 Å². The molecule has 1 saturated heterocycles. The molecule has 2 N–H and O–H groups in total. The molecule has 0 aromatic carbocycles. The first-order valence-electron chi connectivity index (χ1n) is 10.8. The third kappa shape index (κ3) is 6.59. The molecule has 2 unspecified atom stereocenters. The van der Waals surface area contributed by atoms with E-state index in [2.05, 4.69) is 36.4 Å². The first-order chi connectivity index (χ1) is 14.0. The van der Waals surface area contributed by atoms with Gasteiger partial charge in [0.05, 0.1) is 12.2 Å². The fourth-order valence-electron chi connectivity index (χ4n) is 3.92. The molecule has 0 aromatic heterocycles. The molecule has 0 radical (unpaired) electrons. The van der Waals surface area contributed by atoms with Gasteiger partial charge in [-0.2, -0.15) is 0 Å². The number of aliphatic imine (C=N–C) groups is 1. The third-order valence-electron chi connectivity index (χ3n) is 6.82. The number of hydrogen-bond donors (Lipinski definition) is 2. The van der Waals surface area contributed by atoms with Crippen molar-refractivity contribution < 1.29 is 19.1 Å². The molecule has 2 fully saturated rings. The van der Waals surface area contributed by atoms with Crippen molar-refractivity contribution in [2.24, 2.45) is 10.4 Å². The fourth-order valence-corrected chi connectivity index (χ4v) is 3.92. The van der Waals surface area contributed by atoms with Gasteiger partial charge in [-0.05, 0) is 33.1 Å². The number of methoxy groups -OCH3 is 1. The zero-order chi connectivity index (χ0) is 22.5. The van der Waals surface area contributed by atoms with Crippen molar-refractivity contribution in [1.82, 2.24) is 20.4 Å². The molecular formula is C21H40IN5O4. The lowest BCUT2D eigenvalue weighted by molar-refractivity contribution is -0.176. The summed E-state index contributed by atoms with van der Waals surface area (Å²) >= 11 is 0. The minimum Gasteiger partial charge on any atom is -0.450 e. The van der Waals surface area contributed by atoms with E-state index >= 15 is 0 Å². The van der Waals surface area contributed by atoms with E-state index in [0.717, 1.165) is 19.3 Å². The van der Waals surface area contributed by atoms with E-state index < -0.39 is 0 Å². The molecule has 2 rings (SSSR count). The normalized spacial score (nSPS) is 25.7. The highest BCUT2D eigenvalue weighted by Crippen LogP contribution is 2.51. The van der Waals surface area contributed by atoms with Crippen molar-refractivity contribution in [3.63, 3.8) is 0 Å². The number of rotatable bonds is 6. The van der Waals surface area contributed by atoms with Crippen molar-refractivity contribution >= 4 is 41.9 Å². The summed E-state index contributed by atoms with van der Waals surface area (Å²) in [4.78, 5) is 31.8. The number of nitrogens with zero attached hydrogens (tertiary/aromatic N) is 3. The number of guanidine groups is 1. The van der Waals surface area contributed by atoms with Crippen LogP contribution < -0.4 is 10.6 Å². The van der Waals surface area contributed by atoms with Gasteiger partial charge in [0.1, 0.15) is 6.54 Å². The lowest BCUT2D eigenvalue weighted by atomic mass is 9.56. The molecular weight excluding hydrogens is 513 g/mol. The highest BCUT2D eigenvalue weighted by molar-refractivity contribution is 14.0. The second-order valence-electron chi connectivity index (χ2n) is 9.12. The predicted molar refractivity (Wildman–Crippen MR) is 132 cm³/mol. The molecule has 1 saturated carbocycles. The quantitative estimate of drug-likeness (QED) is 0.297. The number of carbonyl (C=O) groups is 2. The number of amides is 2. The third-order valence-corrected chi connectivity index (χ3v) is 6.82. The molecule has 1 aliphatic carbocycles. The summed E-state index contributed by atoms with van der Waals surface area (Å²) in [6, 6.07) is 0.358. The Bertz CT molecular complexity index is 650. The van der Waals surface area contributed by atoms with Crippen LogP contribution in [-0.4, -0.2) is 92.9 Å². The van der Waals surface area contributed by atoms with Crippen LogP contribution >= 0.6 is 24.0 Å². The highest BCUT2D eigenvalue weighted by Gasteiger charge is 2.58. The molecule has 1 aliphatic heterocycles. The van der Waals surface area contributed by atoms with Crippen molar-refractivity contribution in [3.8, 4) is 0 Å². The lowest BCUT2D eigenvalue weighted by Gasteiger charge is -2.59. The average molecular weight is 553 g/mol. The number of nitrogens with one attached hydrogen (secondary N) is 2. The maximum atomic E-state index is 12.1. The minimum absolute atomic E-state index is 0. The van der Waals surface area contributed by atoms with Gasteiger partial charge >= 0.3 is 6.09 Å². The van der Waals surface area contributed by atoms with Gasteiger partial charge in [0.2, 0.25) is 5.91 Å². The number of hydrogen-bond acceptors (Lipinski definition) is 5. The minimum atomic E-state index is -0.255. The monoisotopic (exact) mass is 553 g/mol. The van der Waals surface area contributed by atoms with Crippen LogP contribution in [0.4, 0.5) is 4.79 Å². The zero-order valence-electron chi connectivity index (χ0n) is 20.0. The number of ether oxygens (including phenoxy) is 2. The molecule has 0 spiro atoms. The van der Waals surface area contributed by atoms with Crippen molar-refractivity contribution in [3.05, 3.63) is 0 Å². The van der Waals surface area contributed by atoms with Gasteiger partial charge in [0.15, 0.2) is 5.96 Å². The molecule has 180 valence electrons. The Balaban J connectivity index is 0.00000480. The molecule has 0 bridgehead atoms. The van der Waals surface area contributed by atoms with E-state index in [-0.39, 0.29) is 65.6 Å². The van der Waals surface area contributed by atoms with E-state index in [4.69, 9.17) is 9.47 Å². The topological polar surface area (TPSA) is 95.5 Å². The first-order valence-corrected chi connectivity index (χ1v) is 10.8. The van der Waals surface area contributed by atoms with Crippen LogP contribution in [0.3, 0.4) is 0 Å². The van der Waals surface area contributed by atoms with E-state index in [1.807, 2.05) is 6.92 Å². The summed E-state index contributed by atoms with van der Waals surface area (Å²) in [7, 11) is 5.20. The standard InChI is InChI=1S/C21H39N5O4.HI/c1-8-30-19(28)26-11-9-15(10-12-26)23-18(22-14-17(27)25(5)6)24-16-13-21(4,29-7)20(16,2)3;/h15-16H,8-14H2,1-7H3,(H2,22,23,24);1H. The predicted octanol–water partition coefficient (Wildman–Crippen LogP) is 2.05. The van der Waals surface area contributed by atoms with Gasteiger partial charge in [-0.3, -0.25) is 4.79 Å². The largest absolute Gasteiger partial charge is 0.450 e. The number of carbonyl (C=O) groups excluding carboxylic acids is 2. The van der Waals surface area contributed by atoms with Gasteiger partial charge in [0.25, 0.3) is 0 Å². The summed E-state index contributed by atoms with van der Waals surface area (Å²) in [5.41, 5.74) is -0.275. The molecule has 2 atom stereocenters. The second kappa shape index (κ2) is 11.5. The number of likely N-dealkylation sites (tertiary alicyclic amines) is 1. The Morgan fingerprint density at radius 2 is 1.77 bits per heavy atom. The summed E-state index contributed by atoms with van der Waals surface area (Å²) in [5.74, 6) is 0.582. The zero-order valence-corrected chi connectivity index (χ0v) is 22.3. The Morgan fingerprint density at radius 1 is 1.16 bits per heavy atom. The first kappa shape index (κ1) is 27.7. The van der Waals surface area contributed by atoms with Crippen LogP contribution in [0.15, 0.2) is 4.99 Å². The smallest absolute Gasteiger partial charge is 0.409 e. The van der Waals surface area contributed by atoms with Gasteiger partial charge in [-0.25, -0.2) is 9.79 Å². The maximum absolute atomic E-state index is 12.1. The molecule has 0 aromatic rings. The summed E-state index contributed by atoms with van der Waals surface area (Å²) in [6.45, 7) is 10.0. The second-order valence-corrected chi connectivity index (χ2v) is 9.12.